The number of hydrogen-bond donors (Lipinski definition) is 2. The maximum atomic E-state index is 12.9. The second kappa shape index (κ2) is 8.91. The van der Waals surface area contributed by atoms with Crippen LogP contribution in [0, 0.1) is 4.77 Å². The zero-order valence-electron chi connectivity index (χ0n) is 17.8. The fourth-order valence-electron chi connectivity index (χ4n) is 4.51. The molecule has 166 valence electrons. The molecule has 9 heteroatoms. The van der Waals surface area contributed by atoms with Gasteiger partial charge in [-0.1, -0.05) is 6.07 Å². The van der Waals surface area contributed by atoms with Crippen molar-refractivity contribution < 1.29 is 9.53 Å². The minimum atomic E-state index is 0.171. The summed E-state index contributed by atoms with van der Waals surface area (Å²) in [4.78, 5) is 19.3. The number of hydrogen-bond acceptors (Lipinski definition) is 5. The smallest absolute Gasteiger partial charge is 0.224 e. The topological polar surface area (TPSA) is 78.9 Å². The molecule has 4 aromatic rings. The Morgan fingerprint density at radius 1 is 1.31 bits per heavy atom. The van der Waals surface area contributed by atoms with Crippen molar-refractivity contribution in [3.8, 4) is 16.5 Å². The van der Waals surface area contributed by atoms with Gasteiger partial charge in [0.1, 0.15) is 5.75 Å². The van der Waals surface area contributed by atoms with E-state index in [4.69, 9.17) is 17.0 Å². The Labute approximate surface area is 195 Å². The van der Waals surface area contributed by atoms with E-state index in [1.165, 1.54) is 10.9 Å². The first-order chi connectivity index (χ1) is 15.6. The van der Waals surface area contributed by atoms with Crippen LogP contribution in [0.25, 0.3) is 21.6 Å². The van der Waals surface area contributed by atoms with Gasteiger partial charge in [0, 0.05) is 43.2 Å². The number of rotatable bonds is 6. The van der Waals surface area contributed by atoms with Gasteiger partial charge in [-0.05, 0) is 66.2 Å². The molecule has 1 saturated heterocycles. The number of aromatic amines is 2. The molecule has 1 amide bonds. The van der Waals surface area contributed by atoms with Crippen LogP contribution in [0.4, 0.5) is 0 Å². The van der Waals surface area contributed by atoms with Gasteiger partial charge in [-0.3, -0.25) is 14.5 Å². The average molecular weight is 468 g/mol. The van der Waals surface area contributed by atoms with Gasteiger partial charge < -0.3 is 14.6 Å². The highest BCUT2D eigenvalue weighted by Crippen LogP contribution is 2.35. The maximum absolute atomic E-state index is 12.9. The van der Waals surface area contributed by atoms with E-state index in [9.17, 15) is 4.79 Å². The highest BCUT2D eigenvalue weighted by atomic mass is 32.1. The second-order valence-electron chi connectivity index (χ2n) is 8.04. The lowest BCUT2D eigenvalue weighted by Gasteiger charge is -2.32. The van der Waals surface area contributed by atoms with Crippen molar-refractivity contribution in [1.29, 1.82) is 0 Å². The normalized spacial score (nSPS) is 14.8. The zero-order chi connectivity index (χ0) is 22.1. The Morgan fingerprint density at radius 3 is 2.91 bits per heavy atom. The number of H-pyrrole nitrogens is 2. The number of fused-ring (bicyclic) bond motifs is 1. The van der Waals surface area contributed by atoms with Crippen molar-refractivity contribution in [2.24, 2.45) is 0 Å². The first kappa shape index (κ1) is 21.0. The van der Waals surface area contributed by atoms with Gasteiger partial charge in [0.2, 0.25) is 5.91 Å². The van der Waals surface area contributed by atoms with Crippen LogP contribution in [-0.2, 0) is 11.3 Å². The third-order valence-corrected chi connectivity index (χ3v) is 7.43. The van der Waals surface area contributed by atoms with Crippen LogP contribution in [0.2, 0.25) is 0 Å². The molecule has 7 nitrogen and oxygen atoms in total. The van der Waals surface area contributed by atoms with E-state index >= 15 is 0 Å². The molecule has 0 saturated carbocycles. The number of ether oxygens (including phenoxy) is 1. The molecular weight excluding hydrogens is 442 g/mol. The Hall–Kier alpha value is -2.91. The highest BCUT2D eigenvalue weighted by molar-refractivity contribution is 7.71. The van der Waals surface area contributed by atoms with Crippen LogP contribution >= 0.6 is 23.6 Å². The fourth-order valence-corrected chi connectivity index (χ4v) is 5.46. The summed E-state index contributed by atoms with van der Waals surface area (Å²) in [5, 5.41) is 10.4. The van der Waals surface area contributed by atoms with Crippen LogP contribution < -0.4 is 4.74 Å². The van der Waals surface area contributed by atoms with Crippen molar-refractivity contribution in [3.05, 3.63) is 52.2 Å². The first-order valence-corrected chi connectivity index (χ1v) is 12.0. The van der Waals surface area contributed by atoms with E-state index in [1.54, 1.807) is 18.4 Å². The average Bonchev–Trinajstić information content (AvgIpc) is 3.57. The Morgan fingerprint density at radius 2 is 2.16 bits per heavy atom. The van der Waals surface area contributed by atoms with Gasteiger partial charge in [0.25, 0.3) is 0 Å². The summed E-state index contributed by atoms with van der Waals surface area (Å²) in [5.74, 6) is 2.27. The summed E-state index contributed by atoms with van der Waals surface area (Å²) in [7, 11) is 1.69. The van der Waals surface area contributed by atoms with Crippen molar-refractivity contribution in [3.63, 3.8) is 0 Å². The number of carbonyl (C=O) groups is 1. The van der Waals surface area contributed by atoms with Gasteiger partial charge in [-0.15, -0.1) is 11.3 Å². The van der Waals surface area contributed by atoms with Crippen molar-refractivity contribution in [2.75, 3.05) is 20.2 Å². The lowest BCUT2D eigenvalue weighted by molar-refractivity contribution is -0.132. The summed E-state index contributed by atoms with van der Waals surface area (Å²) in [6, 6.07) is 10.1. The molecule has 32 heavy (non-hydrogen) atoms. The number of likely N-dealkylation sites (tertiary alicyclic amines) is 1. The molecule has 1 aromatic carbocycles. The highest BCUT2D eigenvalue weighted by Gasteiger charge is 2.25. The molecule has 4 heterocycles. The Kier molecular flexibility index (Phi) is 5.84. The van der Waals surface area contributed by atoms with Gasteiger partial charge in [-0.25, -0.2) is 0 Å². The number of thiophene rings is 1. The molecule has 5 rings (SSSR count). The predicted molar refractivity (Wildman–Crippen MR) is 129 cm³/mol. The number of benzene rings is 1. The third kappa shape index (κ3) is 3.98. The molecule has 0 unspecified atom stereocenters. The summed E-state index contributed by atoms with van der Waals surface area (Å²) >= 11 is 7.00. The Balaban J connectivity index is 1.22. The number of piperidine rings is 1. The molecule has 2 N–H and O–H groups in total. The van der Waals surface area contributed by atoms with Crippen LogP contribution in [0.15, 0.2) is 41.9 Å². The molecule has 1 aliphatic rings. The van der Waals surface area contributed by atoms with E-state index in [0.717, 1.165) is 47.9 Å². The minimum Gasteiger partial charge on any atom is -0.497 e. The van der Waals surface area contributed by atoms with Crippen LogP contribution in [0.1, 0.15) is 30.7 Å². The van der Waals surface area contributed by atoms with E-state index in [-0.39, 0.29) is 5.91 Å². The molecule has 3 aromatic heterocycles. The molecule has 0 aliphatic carbocycles. The number of amides is 1. The molecule has 0 radical (unpaired) electrons. The van der Waals surface area contributed by atoms with Gasteiger partial charge in [0.05, 0.1) is 12.0 Å². The molecule has 0 atom stereocenters. The van der Waals surface area contributed by atoms with Crippen molar-refractivity contribution in [2.45, 2.75) is 31.7 Å². The second-order valence-corrected chi connectivity index (χ2v) is 9.38. The standard InChI is InChI=1S/C23H25N5O2S2/c1-30-16-4-5-19-17(13-16)18(14-24-19)15-6-9-27(10-7-15)21(29)8-11-28-22(25-26-23(28)31)20-3-2-12-32-20/h2-5,12-15,24H,6-11H2,1H3,(H,26,31). The zero-order valence-corrected chi connectivity index (χ0v) is 19.5. The molecular formula is C23H25N5O2S2. The fraction of sp³-hybridized carbons (Fsp3) is 0.348. The number of aromatic nitrogens is 4. The summed E-state index contributed by atoms with van der Waals surface area (Å²) in [6.45, 7) is 2.08. The van der Waals surface area contributed by atoms with E-state index < -0.39 is 0 Å². The van der Waals surface area contributed by atoms with Crippen LogP contribution in [0.5, 0.6) is 5.75 Å². The van der Waals surface area contributed by atoms with E-state index in [0.29, 0.717) is 23.7 Å². The predicted octanol–water partition coefficient (Wildman–Crippen LogP) is 4.96. The number of nitrogens with zero attached hydrogens (tertiary/aromatic N) is 3. The molecule has 1 aliphatic heterocycles. The largest absolute Gasteiger partial charge is 0.497 e. The summed E-state index contributed by atoms with van der Waals surface area (Å²) in [6.07, 6.45) is 4.45. The number of carbonyl (C=O) groups excluding carboxylic acids is 1. The van der Waals surface area contributed by atoms with E-state index in [1.807, 2.05) is 33.0 Å². The number of nitrogens with one attached hydrogen (secondary N) is 2. The summed E-state index contributed by atoms with van der Waals surface area (Å²) < 4.78 is 7.87. The van der Waals surface area contributed by atoms with Gasteiger partial charge in [-0.2, -0.15) is 5.10 Å². The number of methoxy groups -OCH3 is 1. The van der Waals surface area contributed by atoms with E-state index in [2.05, 4.69) is 33.5 Å². The SMILES string of the molecule is COc1ccc2[nH]cc(C3CCN(C(=O)CCn4c(-c5cccs5)n[nH]c4=S)CC3)c2c1. The molecule has 1 fully saturated rings. The lowest BCUT2D eigenvalue weighted by Crippen LogP contribution is -2.38. The van der Waals surface area contributed by atoms with Gasteiger partial charge in [0.15, 0.2) is 10.6 Å². The molecule has 0 spiro atoms. The third-order valence-electron chi connectivity index (χ3n) is 6.26. The van der Waals surface area contributed by atoms with Gasteiger partial charge >= 0.3 is 0 Å². The Bertz CT molecular complexity index is 1280. The quantitative estimate of drug-likeness (QED) is 0.393. The minimum absolute atomic E-state index is 0.171. The monoisotopic (exact) mass is 467 g/mol. The molecule has 0 bridgehead atoms. The first-order valence-electron chi connectivity index (χ1n) is 10.8. The van der Waals surface area contributed by atoms with Crippen LogP contribution in [0.3, 0.4) is 0 Å². The summed E-state index contributed by atoms with van der Waals surface area (Å²) in [5.41, 5.74) is 2.44. The van der Waals surface area contributed by atoms with Crippen molar-refractivity contribution in [1.82, 2.24) is 24.6 Å². The van der Waals surface area contributed by atoms with Crippen LogP contribution in [-0.4, -0.2) is 50.8 Å². The lowest BCUT2D eigenvalue weighted by atomic mass is 9.89. The maximum Gasteiger partial charge on any atom is 0.224 e. The van der Waals surface area contributed by atoms with Crippen molar-refractivity contribution >= 4 is 40.4 Å².